The van der Waals surface area contributed by atoms with Crippen LogP contribution in [0.3, 0.4) is 0 Å². The molecular weight excluding hydrogens is 454 g/mol. The number of nitrogen functional groups attached to an aromatic ring is 1. The minimum absolute atomic E-state index is 0.0831. The second-order valence-electron chi connectivity index (χ2n) is 7.66. The SMILES string of the molecule is CCCCNc1cc(Oc2ccc(N(c3ccc(C)cc3)S(=O)O)c(C(=O)OC)c2)ccc1N. The number of hydrogen-bond donors (Lipinski definition) is 3. The highest BCUT2D eigenvalue weighted by atomic mass is 32.2. The number of nitrogens with zero attached hydrogens (tertiary/aromatic N) is 1. The lowest BCUT2D eigenvalue weighted by Crippen LogP contribution is -2.22. The van der Waals surface area contributed by atoms with Crippen LogP contribution in [0.5, 0.6) is 11.5 Å². The molecule has 4 N–H and O–H groups in total. The van der Waals surface area contributed by atoms with Gasteiger partial charge in [-0.25, -0.2) is 13.3 Å². The summed E-state index contributed by atoms with van der Waals surface area (Å²) < 4.78 is 34.3. The van der Waals surface area contributed by atoms with Gasteiger partial charge in [0.15, 0.2) is 0 Å². The third-order valence-corrected chi connectivity index (χ3v) is 5.84. The largest absolute Gasteiger partial charge is 0.465 e. The van der Waals surface area contributed by atoms with Crippen molar-refractivity contribution in [3.05, 3.63) is 71.8 Å². The highest BCUT2D eigenvalue weighted by Crippen LogP contribution is 2.35. The van der Waals surface area contributed by atoms with Crippen molar-refractivity contribution in [2.24, 2.45) is 0 Å². The van der Waals surface area contributed by atoms with E-state index in [1.807, 2.05) is 19.1 Å². The number of nitrogens with one attached hydrogen (secondary N) is 1. The Hall–Kier alpha value is -3.56. The first-order chi connectivity index (χ1) is 16.3. The Morgan fingerprint density at radius 3 is 2.41 bits per heavy atom. The van der Waals surface area contributed by atoms with E-state index in [0.29, 0.717) is 22.9 Å². The average molecular weight is 484 g/mol. The average Bonchev–Trinajstić information content (AvgIpc) is 2.82. The minimum atomic E-state index is -2.43. The Morgan fingerprint density at radius 1 is 1.09 bits per heavy atom. The fourth-order valence-electron chi connectivity index (χ4n) is 3.31. The van der Waals surface area contributed by atoms with Crippen LogP contribution < -0.4 is 20.1 Å². The van der Waals surface area contributed by atoms with Crippen LogP contribution in [0, 0.1) is 6.92 Å². The Bertz CT molecular complexity index is 1170. The molecular formula is C25H29N3O5S. The molecule has 0 spiro atoms. The highest BCUT2D eigenvalue weighted by Gasteiger charge is 2.23. The maximum Gasteiger partial charge on any atom is 0.340 e. The Morgan fingerprint density at radius 2 is 1.76 bits per heavy atom. The molecule has 9 heteroatoms. The quantitative estimate of drug-likeness (QED) is 0.148. The molecule has 0 saturated carbocycles. The zero-order valence-electron chi connectivity index (χ0n) is 19.4. The van der Waals surface area contributed by atoms with Crippen molar-refractivity contribution >= 4 is 40.0 Å². The molecule has 0 heterocycles. The van der Waals surface area contributed by atoms with Crippen LogP contribution in [-0.4, -0.2) is 28.4 Å². The van der Waals surface area contributed by atoms with Gasteiger partial charge in [0, 0.05) is 12.6 Å². The van der Waals surface area contributed by atoms with E-state index < -0.39 is 17.2 Å². The predicted octanol–water partition coefficient (Wildman–Crippen LogP) is 5.64. The molecule has 0 bridgehead atoms. The summed E-state index contributed by atoms with van der Waals surface area (Å²) in [6, 6.07) is 17.0. The molecule has 0 amide bonds. The summed E-state index contributed by atoms with van der Waals surface area (Å²) in [4.78, 5) is 12.6. The molecule has 34 heavy (non-hydrogen) atoms. The number of methoxy groups -OCH3 is 1. The van der Waals surface area contributed by atoms with Crippen molar-refractivity contribution in [3.8, 4) is 11.5 Å². The standard InChI is InChI=1S/C25H29N3O5S/c1-4-5-14-27-23-16-20(10-12-22(23)26)33-19-11-13-24(21(15-19)25(29)32-3)28(34(30)31)18-8-6-17(2)7-9-18/h6-13,15-16,27H,4-5,14,26H2,1-3H3,(H,30,31). The predicted molar refractivity (Wildman–Crippen MR) is 136 cm³/mol. The van der Waals surface area contributed by atoms with Gasteiger partial charge in [-0.05, 0) is 55.8 Å². The first kappa shape index (κ1) is 25.1. The number of rotatable bonds is 10. The number of benzene rings is 3. The number of hydrogen-bond acceptors (Lipinski definition) is 6. The molecule has 1 unspecified atom stereocenters. The number of unbranched alkanes of at least 4 members (excludes halogenated alkanes) is 1. The highest BCUT2D eigenvalue weighted by molar-refractivity contribution is 7.81. The van der Waals surface area contributed by atoms with Gasteiger partial charge in [-0.2, -0.15) is 0 Å². The van der Waals surface area contributed by atoms with Crippen LogP contribution in [0.2, 0.25) is 0 Å². The number of carbonyl (C=O) groups excluding carboxylic acids is 1. The van der Waals surface area contributed by atoms with Crippen molar-refractivity contribution in [2.75, 3.05) is 29.0 Å². The molecule has 0 saturated heterocycles. The normalized spacial score (nSPS) is 11.5. The second kappa shape index (κ2) is 11.5. The van der Waals surface area contributed by atoms with Crippen LogP contribution in [0.25, 0.3) is 0 Å². The summed E-state index contributed by atoms with van der Waals surface area (Å²) in [7, 11) is 1.25. The zero-order chi connectivity index (χ0) is 24.7. The van der Waals surface area contributed by atoms with Gasteiger partial charge in [0.1, 0.15) is 11.5 Å². The van der Waals surface area contributed by atoms with Crippen molar-refractivity contribution in [1.82, 2.24) is 0 Å². The van der Waals surface area contributed by atoms with Gasteiger partial charge in [0.05, 0.1) is 35.4 Å². The third kappa shape index (κ3) is 6.06. The Labute approximate surface area is 202 Å². The van der Waals surface area contributed by atoms with E-state index in [1.165, 1.54) is 13.2 Å². The van der Waals surface area contributed by atoms with Crippen LogP contribution in [0.1, 0.15) is 35.7 Å². The molecule has 8 nitrogen and oxygen atoms in total. The van der Waals surface area contributed by atoms with E-state index >= 15 is 0 Å². The summed E-state index contributed by atoms with van der Waals surface area (Å²) >= 11 is -2.43. The summed E-state index contributed by atoms with van der Waals surface area (Å²) in [5, 5.41) is 3.29. The molecule has 0 aromatic heterocycles. The lowest BCUT2D eigenvalue weighted by molar-refractivity contribution is 0.0601. The monoisotopic (exact) mass is 483 g/mol. The number of esters is 1. The van der Waals surface area contributed by atoms with E-state index in [1.54, 1.807) is 42.5 Å². The first-order valence-electron chi connectivity index (χ1n) is 10.9. The Kier molecular flexibility index (Phi) is 8.50. The molecule has 0 aliphatic heterocycles. The van der Waals surface area contributed by atoms with Gasteiger partial charge >= 0.3 is 5.97 Å². The van der Waals surface area contributed by atoms with Gasteiger partial charge in [0.2, 0.25) is 0 Å². The maximum atomic E-state index is 12.6. The van der Waals surface area contributed by atoms with Crippen LogP contribution in [0.4, 0.5) is 22.7 Å². The van der Waals surface area contributed by atoms with E-state index in [2.05, 4.69) is 12.2 Å². The summed E-state index contributed by atoms with van der Waals surface area (Å²) in [6.07, 6.45) is 2.07. The molecule has 180 valence electrons. The van der Waals surface area contributed by atoms with Crippen molar-refractivity contribution in [3.63, 3.8) is 0 Å². The van der Waals surface area contributed by atoms with Gasteiger partial charge in [-0.3, -0.25) is 4.55 Å². The fraction of sp³-hybridized carbons (Fsp3) is 0.240. The molecule has 1 atom stereocenters. The Balaban J connectivity index is 1.96. The maximum absolute atomic E-state index is 12.6. The minimum Gasteiger partial charge on any atom is -0.465 e. The number of aryl methyl sites for hydroxylation is 1. The zero-order valence-corrected chi connectivity index (χ0v) is 20.2. The molecule has 0 fully saturated rings. The lowest BCUT2D eigenvalue weighted by Gasteiger charge is -2.23. The van der Waals surface area contributed by atoms with Crippen molar-refractivity contribution < 1.29 is 23.0 Å². The second-order valence-corrected chi connectivity index (χ2v) is 8.49. The number of ether oxygens (including phenoxy) is 2. The van der Waals surface area contributed by atoms with Crippen molar-refractivity contribution in [2.45, 2.75) is 26.7 Å². The van der Waals surface area contributed by atoms with Gasteiger partial charge in [0.25, 0.3) is 11.3 Å². The van der Waals surface area contributed by atoms with Crippen molar-refractivity contribution in [1.29, 1.82) is 0 Å². The number of anilines is 4. The van der Waals surface area contributed by atoms with E-state index in [0.717, 1.165) is 34.9 Å². The van der Waals surface area contributed by atoms with E-state index in [-0.39, 0.29) is 11.3 Å². The molecule has 3 aromatic rings. The first-order valence-corrected chi connectivity index (χ1v) is 11.9. The van der Waals surface area contributed by atoms with Gasteiger partial charge < -0.3 is 20.5 Å². The molecule has 3 rings (SSSR count). The fourth-order valence-corrected chi connectivity index (χ4v) is 3.94. The number of nitrogens with two attached hydrogens (primary N) is 1. The summed E-state index contributed by atoms with van der Waals surface area (Å²) in [5.74, 6) is 0.223. The van der Waals surface area contributed by atoms with E-state index in [4.69, 9.17) is 15.2 Å². The molecule has 0 radical (unpaired) electrons. The third-order valence-electron chi connectivity index (χ3n) is 5.12. The summed E-state index contributed by atoms with van der Waals surface area (Å²) in [6.45, 7) is 4.82. The van der Waals surface area contributed by atoms with Gasteiger partial charge in [-0.15, -0.1) is 0 Å². The molecule has 0 aliphatic rings. The van der Waals surface area contributed by atoms with Crippen LogP contribution in [-0.2, 0) is 16.0 Å². The van der Waals surface area contributed by atoms with E-state index in [9.17, 15) is 13.6 Å². The topological polar surface area (TPSA) is 114 Å². The van der Waals surface area contributed by atoms with Crippen LogP contribution >= 0.6 is 0 Å². The number of carbonyl (C=O) groups is 1. The summed E-state index contributed by atoms with van der Waals surface area (Å²) in [5.41, 5.74) is 9.16. The van der Waals surface area contributed by atoms with Crippen LogP contribution in [0.15, 0.2) is 60.7 Å². The smallest absolute Gasteiger partial charge is 0.340 e. The van der Waals surface area contributed by atoms with Gasteiger partial charge in [-0.1, -0.05) is 31.0 Å². The lowest BCUT2D eigenvalue weighted by atomic mass is 10.1. The molecule has 3 aromatic carbocycles. The molecule has 0 aliphatic carbocycles.